The molecule has 3 amide bonds. The van der Waals surface area contributed by atoms with E-state index in [4.69, 9.17) is 5.21 Å². The molecule has 2 aromatic rings. The predicted octanol–water partition coefficient (Wildman–Crippen LogP) is 4.81. The van der Waals surface area contributed by atoms with Gasteiger partial charge in [0.15, 0.2) is 9.84 Å². The number of carbonyl (C=O) groups is 2. The van der Waals surface area contributed by atoms with Crippen LogP contribution in [0, 0.1) is 5.92 Å². The molecule has 0 unspecified atom stereocenters. The van der Waals surface area contributed by atoms with Crippen molar-refractivity contribution >= 4 is 38.8 Å². The van der Waals surface area contributed by atoms with Gasteiger partial charge in [0.2, 0.25) is 5.91 Å². The van der Waals surface area contributed by atoms with Crippen LogP contribution >= 0.6 is 11.3 Å². The van der Waals surface area contributed by atoms with Gasteiger partial charge in [0.1, 0.15) is 4.75 Å². The van der Waals surface area contributed by atoms with E-state index in [9.17, 15) is 18.0 Å². The highest BCUT2D eigenvalue weighted by Crippen LogP contribution is 2.47. The number of urea groups is 1. The Morgan fingerprint density at radius 1 is 1.06 bits per heavy atom. The molecule has 0 radical (unpaired) electrons. The van der Waals surface area contributed by atoms with Crippen LogP contribution in [-0.4, -0.2) is 37.9 Å². The second kappa shape index (κ2) is 11.1. The number of benzene rings is 1. The third kappa shape index (κ3) is 5.87. The number of amides is 3. The molecule has 35 heavy (non-hydrogen) atoms. The number of anilines is 1. The number of hydroxylamine groups is 1. The van der Waals surface area contributed by atoms with E-state index in [-0.39, 0.29) is 18.2 Å². The van der Waals surface area contributed by atoms with Crippen LogP contribution in [0.3, 0.4) is 0 Å². The Hall–Kier alpha value is -2.43. The van der Waals surface area contributed by atoms with E-state index in [0.29, 0.717) is 42.3 Å². The van der Waals surface area contributed by atoms with Crippen molar-refractivity contribution in [3.63, 3.8) is 0 Å². The lowest BCUT2D eigenvalue weighted by molar-refractivity contribution is -0.130. The number of carbonyl (C=O) groups excluding carboxylic acids is 2. The average Bonchev–Trinajstić information content (AvgIpc) is 3.36. The molecular weight excluding hydrogens is 486 g/mol. The van der Waals surface area contributed by atoms with Crippen LogP contribution in [-0.2, 0) is 19.4 Å². The second-order valence-electron chi connectivity index (χ2n) is 9.57. The van der Waals surface area contributed by atoms with Gasteiger partial charge in [-0.15, -0.1) is 11.3 Å². The van der Waals surface area contributed by atoms with Crippen molar-refractivity contribution in [3.8, 4) is 10.4 Å². The van der Waals surface area contributed by atoms with Crippen LogP contribution in [0.1, 0.15) is 62.7 Å². The van der Waals surface area contributed by atoms with Crippen LogP contribution in [0.2, 0.25) is 0 Å². The highest BCUT2D eigenvalue weighted by Gasteiger charge is 2.49. The summed E-state index contributed by atoms with van der Waals surface area (Å²) in [6, 6.07) is 10.8. The molecule has 1 aromatic heterocycles. The zero-order valence-electron chi connectivity index (χ0n) is 19.7. The van der Waals surface area contributed by atoms with Crippen molar-refractivity contribution in [1.29, 1.82) is 0 Å². The van der Waals surface area contributed by atoms with Crippen LogP contribution in [0.5, 0.6) is 0 Å². The SMILES string of the molecule is O=C(C[C@]1(c2ccc(-c3cccc(NC(=O)NCC4CCCCC4)c3)s2)CCCCS1(=O)=O)NO. The minimum Gasteiger partial charge on any atom is -0.338 e. The van der Waals surface area contributed by atoms with Crippen LogP contribution in [0.4, 0.5) is 10.5 Å². The number of thiophene rings is 1. The maximum Gasteiger partial charge on any atom is 0.319 e. The van der Waals surface area contributed by atoms with E-state index >= 15 is 0 Å². The third-order valence-corrected chi connectivity index (χ3v) is 11.2. The maximum absolute atomic E-state index is 13.1. The van der Waals surface area contributed by atoms with E-state index < -0.39 is 20.5 Å². The molecule has 10 heteroatoms. The van der Waals surface area contributed by atoms with Gasteiger partial charge in [-0.25, -0.2) is 18.7 Å². The normalized spacial score (nSPS) is 22.3. The fourth-order valence-corrected chi connectivity index (χ4v) is 8.98. The molecule has 1 saturated heterocycles. The highest BCUT2D eigenvalue weighted by molar-refractivity contribution is 7.92. The summed E-state index contributed by atoms with van der Waals surface area (Å²) in [5.41, 5.74) is 3.09. The first-order valence-corrected chi connectivity index (χ1v) is 14.7. The summed E-state index contributed by atoms with van der Waals surface area (Å²) in [5.74, 6) is -0.147. The van der Waals surface area contributed by atoms with Gasteiger partial charge in [-0.1, -0.05) is 37.8 Å². The maximum atomic E-state index is 13.1. The molecule has 0 bridgehead atoms. The smallest absolute Gasteiger partial charge is 0.319 e. The van der Waals surface area contributed by atoms with Crippen LogP contribution in [0.15, 0.2) is 36.4 Å². The first kappa shape index (κ1) is 25.7. The summed E-state index contributed by atoms with van der Waals surface area (Å²) < 4.78 is 24.9. The summed E-state index contributed by atoms with van der Waals surface area (Å²) in [6.45, 7) is 0.678. The molecule has 2 aliphatic rings. The Labute approximate surface area is 210 Å². The Bertz CT molecular complexity index is 1160. The monoisotopic (exact) mass is 519 g/mol. The fourth-order valence-electron chi connectivity index (χ4n) is 5.21. The van der Waals surface area contributed by atoms with Gasteiger partial charge in [0, 0.05) is 22.0 Å². The Balaban J connectivity index is 1.50. The molecule has 2 fully saturated rings. The largest absolute Gasteiger partial charge is 0.338 e. The number of nitrogens with one attached hydrogen (secondary N) is 3. The molecule has 4 N–H and O–H groups in total. The fraction of sp³-hybridized carbons (Fsp3) is 0.520. The molecule has 4 rings (SSSR count). The molecule has 1 aromatic carbocycles. The minimum atomic E-state index is -3.58. The lowest BCUT2D eigenvalue weighted by Crippen LogP contribution is -2.43. The van der Waals surface area contributed by atoms with Gasteiger partial charge >= 0.3 is 6.03 Å². The van der Waals surface area contributed by atoms with Gasteiger partial charge in [0.25, 0.3) is 0 Å². The summed E-state index contributed by atoms with van der Waals surface area (Å²) in [5, 5.41) is 14.9. The van der Waals surface area contributed by atoms with Crippen LogP contribution < -0.4 is 16.1 Å². The summed E-state index contributed by atoms with van der Waals surface area (Å²) in [7, 11) is -3.58. The third-order valence-electron chi connectivity index (χ3n) is 7.15. The van der Waals surface area contributed by atoms with Crippen molar-refractivity contribution in [2.24, 2.45) is 5.92 Å². The van der Waals surface area contributed by atoms with E-state index in [1.165, 1.54) is 30.6 Å². The van der Waals surface area contributed by atoms with E-state index in [1.807, 2.05) is 30.3 Å². The lowest BCUT2D eigenvalue weighted by atomic mass is 9.89. The molecule has 8 nitrogen and oxygen atoms in total. The number of hydrogen-bond acceptors (Lipinski definition) is 6. The number of sulfone groups is 1. The molecule has 2 heterocycles. The van der Waals surface area contributed by atoms with Crippen molar-refractivity contribution in [3.05, 3.63) is 41.3 Å². The van der Waals surface area contributed by atoms with E-state index in [0.717, 1.165) is 23.3 Å². The van der Waals surface area contributed by atoms with Crippen molar-refractivity contribution in [1.82, 2.24) is 10.8 Å². The van der Waals surface area contributed by atoms with Gasteiger partial charge in [-0.05, 0) is 61.4 Å². The van der Waals surface area contributed by atoms with Gasteiger partial charge < -0.3 is 10.6 Å². The molecule has 1 aliphatic heterocycles. The first-order valence-electron chi connectivity index (χ1n) is 12.2. The van der Waals surface area contributed by atoms with Crippen molar-refractivity contribution < 1.29 is 23.2 Å². The molecule has 190 valence electrons. The quantitative estimate of drug-likeness (QED) is 0.309. The van der Waals surface area contributed by atoms with Crippen LogP contribution in [0.25, 0.3) is 10.4 Å². The van der Waals surface area contributed by atoms with Crippen molar-refractivity contribution in [2.75, 3.05) is 17.6 Å². The van der Waals surface area contributed by atoms with Gasteiger partial charge in [-0.3, -0.25) is 10.0 Å². The summed E-state index contributed by atoms with van der Waals surface area (Å²) in [4.78, 5) is 25.9. The topological polar surface area (TPSA) is 125 Å². The standard InChI is InChI=1S/C25H33N3O5S2/c29-23(28-31)16-25(13-4-5-14-35(25,32)33)22-12-11-21(34-22)19-9-6-10-20(15-19)27-24(30)26-17-18-7-2-1-3-8-18/h6,9-12,15,18,31H,1-5,7-8,13-14,16-17H2,(H,28,29)(H2,26,27,30)/t25-/m0/s1. The second-order valence-corrected chi connectivity index (χ2v) is 13.1. The summed E-state index contributed by atoms with van der Waals surface area (Å²) in [6.07, 6.45) is 7.35. The average molecular weight is 520 g/mol. The molecular formula is C25H33N3O5S2. The number of rotatable bonds is 7. The Morgan fingerprint density at radius 3 is 2.60 bits per heavy atom. The Kier molecular flexibility index (Phi) is 8.13. The molecule has 1 atom stereocenters. The number of hydrogen-bond donors (Lipinski definition) is 4. The zero-order valence-corrected chi connectivity index (χ0v) is 21.3. The van der Waals surface area contributed by atoms with E-state index in [2.05, 4.69) is 10.6 Å². The predicted molar refractivity (Wildman–Crippen MR) is 137 cm³/mol. The lowest BCUT2D eigenvalue weighted by Gasteiger charge is -2.35. The van der Waals surface area contributed by atoms with E-state index in [1.54, 1.807) is 11.5 Å². The zero-order chi connectivity index (χ0) is 24.9. The summed E-state index contributed by atoms with van der Waals surface area (Å²) >= 11 is 1.33. The molecule has 1 aliphatic carbocycles. The van der Waals surface area contributed by atoms with Crippen molar-refractivity contribution in [2.45, 2.75) is 62.5 Å². The Morgan fingerprint density at radius 2 is 1.86 bits per heavy atom. The highest BCUT2D eigenvalue weighted by atomic mass is 32.2. The molecule has 1 saturated carbocycles. The first-order chi connectivity index (χ1) is 16.8. The van der Waals surface area contributed by atoms with Gasteiger partial charge in [0.05, 0.1) is 12.2 Å². The molecule has 0 spiro atoms. The van der Waals surface area contributed by atoms with Gasteiger partial charge in [-0.2, -0.15) is 0 Å². The minimum absolute atomic E-state index is 0.0221.